The summed E-state index contributed by atoms with van der Waals surface area (Å²) in [5.41, 5.74) is 1.17. The van der Waals surface area contributed by atoms with E-state index in [9.17, 15) is 0 Å². The van der Waals surface area contributed by atoms with E-state index in [4.69, 9.17) is 14.2 Å². The lowest BCUT2D eigenvalue weighted by Crippen LogP contribution is -2.27. The third-order valence-electron chi connectivity index (χ3n) is 3.24. The van der Waals surface area contributed by atoms with Crippen LogP contribution >= 0.6 is 11.8 Å². The number of benzene rings is 1. The zero-order valence-corrected chi connectivity index (χ0v) is 11.2. The van der Waals surface area contributed by atoms with E-state index in [0.29, 0.717) is 6.04 Å². The lowest BCUT2D eigenvalue weighted by Gasteiger charge is -2.12. The predicted molar refractivity (Wildman–Crippen MR) is 71.7 cm³/mol. The normalized spacial score (nSPS) is 21.3. The van der Waals surface area contributed by atoms with E-state index in [1.54, 1.807) is 7.11 Å². The molecule has 0 aromatic heterocycles. The van der Waals surface area contributed by atoms with Crippen molar-refractivity contribution in [2.75, 3.05) is 25.4 Å². The Hall–Kier alpha value is -1.07. The van der Waals surface area contributed by atoms with E-state index >= 15 is 0 Å². The molecule has 2 heterocycles. The molecule has 5 heteroatoms. The molecule has 1 aromatic rings. The smallest absolute Gasteiger partial charge is 0.231 e. The minimum atomic E-state index is 0.280. The Kier molecular flexibility index (Phi) is 3.52. The van der Waals surface area contributed by atoms with Crippen LogP contribution in [0.5, 0.6) is 17.2 Å². The molecule has 2 aliphatic rings. The SMILES string of the molecule is COc1cc(CNC2CCSC2)cc2c1OCO2. The number of methoxy groups -OCH3 is 1. The van der Waals surface area contributed by atoms with Crippen LogP contribution in [0.4, 0.5) is 0 Å². The zero-order chi connectivity index (χ0) is 12.4. The van der Waals surface area contributed by atoms with E-state index in [-0.39, 0.29) is 6.79 Å². The molecule has 98 valence electrons. The molecular weight excluding hydrogens is 250 g/mol. The van der Waals surface area contributed by atoms with Crippen molar-refractivity contribution in [1.29, 1.82) is 0 Å². The van der Waals surface area contributed by atoms with Crippen molar-refractivity contribution in [3.63, 3.8) is 0 Å². The molecule has 0 aliphatic carbocycles. The van der Waals surface area contributed by atoms with E-state index in [0.717, 1.165) is 23.8 Å². The molecule has 0 amide bonds. The van der Waals surface area contributed by atoms with Crippen LogP contribution in [0.25, 0.3) is 0 Å². The number of fused-ring (bicyclic) bond motifs is 1. The Balaban J connectivity index is 1.71. The molecule has 18 heavy (non-hydrogen) atoms. The lowest BCUT2D eigenvalue weighted by atomic mass is 10.1. The van der Waals surface area contributed by atoms with Crippen molar-refractivity contribution in [3.05, 3.63) is 17.7 Å². The lowest BCUT2D eigenvalue weighted by molar-refractivity contribution is 0.171. The van der Waals surface area contributed by atoms with Gasteiger partial charge in [-0.2, -0.15) is 11.8 Å². The van der Waals surface area contributed by atoms with E-state index in [1.807, 2.05) is 23.9 Å². The number of ether oxygens (including phenoxy) is 3. The van der Waals surface area contributed by atoms with Gasteiger partial charge in [0.25, 0.3) is 0 Å². The van der Waals surface area contributed by atoms with Crippen LogP contribution < -0.4 is 19.5 Å². The number of nitrogens with one attached hydrogen (secondary N) is 1. The Morgan fingerprint density at radius 1 is 1.44 bits per heavy atom. The average Bonchev–Trinajstić information content (AvgIpc) is 3.06. The first-order valence-corrected chi connectivity index (χ1v) is 7.30. The van der Waals surface area contributed by atoms with Gasteiger partial charge >= 0.3 is 0 Å². The highest BCUT2D eigenvalue weighted by Crippen LogP contribution is 2.41. The van der Waals surface area contributed by atoms with Crippen LogP contribution in [0.2, 0.25) is 0 Å². The van der Waals surface area contributed by atoms with Gasteiger partial charge in [0.1, 0.15) is 0 Å². The van der Waals surface area contributed by atoms with Crippen molar-refractivity contribution in [2.45, 2.75) is 19.0 Å². The molecule has 1 fully saturated rings. The van der Waals surface area contributed by atoms with Gasteiger partial charge in [-0.15, -0.1) is 0 Å². The molecule has 0 radical (unpaired) electrons. The van der Waals surface area contributed by atoms with Gasteiger partial charge in [-0.3, -0.25) is 0 Å². The van der Waals surface area contributed by atoms with Crippen molar-refractivity contribution in [2.24, 2.45) is 0 Å². The second-order valence-electron chi connectivity index (χ2n) is 4.47. The van der Waals surface area contributed by atoms with Gasteiger partial charge in [-0.1, -0.05) is 0 Å². The van der Waals surface area contributed by atoms with Crippen molar-refractivity contribution >= 4 is 11.8 Å². The number of rotatable bonds is 4. The third-order valence-corrected chi connectivity index (χ3v) is 4.41. The van der Waals surface area contributed by atoms with Crippen molar-refractivity contribution < 1.29 is 14.2 Å². The van der Waals surface area contributed by atoms with Crippen LogP contribution in [0.3, 0.4) is 0 Å². The largest absolute Gasteiger partial charge is 0.493 e. The van der Waals surface area contributed by atoms with Gasteiger partial charge in [0, 0.05) is 18.3 Å². The Labute approximate surface area is 111 Å². The van der Waals surface area contributed by atoms with Crippen molar-refractivity contribution in [3.8, 4) is 17.2 Å². The third kappa shape index (κ3) is 2.37. The fourth-order valence-corrected chi connectivity index (χ4v) is 3.43. The summed E-state index contributed by atoms with van der Waals surface area (Å²) in [5.74, 6) is 4.73. The molecule has 4 nitrogen and oxygen atoms in total. The summed E-state index contributed by atoms with van der Waals surface area (Å²) in [4.78, 5) is 0. The van der Waals surface area contributed by atoms with Crippen molar-refractivity contribution in [1.82, 2.24) is 5.32 Å². The number of thioether (sulfide) groups is 1. The van der Waals surface area contributed by atoms with Gasteiger partial charge in [0.05, 0.1) is 7.11 Å². The monoisotopic (exact) mass is 267 g/mol. The van der Waals surface area contributed by atoms with E-state index in [1.165, 1.54) is 23.5 Å². The summed E-state index contributed by atoms with van der Waals surface area (Å²) < 4.78 is 16.1. The Bertz CT molecular complexity index is 432. The molecular formula is C13H17NO3S. The fraction of sp³-hybridized carbons (Fsp3) is 0.538. The summed E-state index contributed by atoms with van der Waals surface area (Å²) in [5, 5.41) is 3.57. The summed E-state index contributed by atoms with van der Waals surface area (Å²) in [6, 6.07) is 4.68. The minimum Gasteiger partial charge on any atom is -0.493 e. The molecule has 0 bridgehead atoms. The maximum atomic E-state index is 5.42. The van der Waals surface area contributed by atoms with Gasteiger partial charge in [-0.05, 0) is 29.9 Å². The zero-order valence-electron chi connectivity index (χ0n) is 10.4. The van der Waals surface area contributed by atoms with Gasteiger partial charge in [0.2, 0.25) is 12.5 Å². The first-order valence-electron chi connectivity index (χ1n) is 6.14. The summed E-state index contributed by atoms with van der Waals surface area (Å²) in [7, 11) is 1.65. The van der Waals surface area contributed by atoms with Crippen LogP contribution in [-0.2, 0) is 6.54 Å². The highest BCUT2D eigenvalue weighted by atomic mass is 32.2. The van der Waals surface area contributed by atoms with Gasteiger partial charge in [-0.25, -0.2) is 0 Å². The highest BCUT2D eigenvalue weighted by molar-refractivity contribution is 7.99. The highest BCUT2D eigenvalue weighted by Gasteiger charge is 2.20. The van der Waals surface area contributed by atoms with Crippen LogP contribution in [0.1, 0.15) is 12.0 Å². The van der Waals surface area contributed by atoms with Crippen LogP contribution in [-0.4, -0.2) is 31.5 Å². The fourth-order valence-electron chi connectivity index (χ4n) is 2.24. The standard InChI is InChI=1S/C13H17NO3S/c1-15-11-4-9(5-12-13(11)17-8-16-12)6-14-10-2-3-18-7-10/h4-5,10,14H,2-3,6-8H2,1H3. The van der Waals surface area contributed by atoms with Crippen LogP contribution in [0, 0.1) is 0 Å². The Morgan fingerprint density at radius 2 is 2.39 bits per heavy atom. The molecule has 1 saturated heterocycles. The molecule has 1 unspecified atom stereocenters. The summed E-state index contributed by atoms with van der Waals surface area (Å²) in [6.45, 7) is 1.13. The topological polar surface area (TPSA) is 39.7 Å². The summed E-state index contributed by atoms with van der Waals surface area (Å²) >= 11 is 2.01. The second kappa shape index (κ2) is 5.28. The average molecular weight is 267 g/mol. The Morgan fingerprint density at radius 3 is 3.17 bits per heavy atom. The van der Waals surface area contributed by atoms with E-state index < -0.39 is 0 Å². The minimum absolute atomic E-state index is 0.280. The first kappa shape index (κ1) is 12.0. The molecule has 3 rings (SSSR count). The summed E-state index contributed by atoms with van der Waals surface area (Å²) in [6.07, 6.45) is 1.26. The van der Waals surface area contributed by atoms with Crippen LogP contribution in [0.15, 0.2) is 12.1 Å². The number of hydrogen-bond donors (Lipinski definition) is 1. The molecule has 0 spiro atoms. The van der Waals surface area contributed by atoms with E-state index in [2.05, 4.69) is 5.32 Å². The molecule has 0 saturated carbocycles. The number of hydrogen-bond acceptors (Lipinski definition) is 5. The maximum absolute atomic E-state index is 5.42. The molecule has 1 N–H and O–H groups in total. The molecule has 2 aliphatic heterocycles. The second-order valence-corrected chi connectivity index (χ2v) is 5.62. The predicted octanol–water partition coefficient (Wildman–Crippen LogP) is 2.02. The van der Waals surface area contributed by atoms with Gasteiger partial charge in [0.15, 0.2) is 11.5 Å². The molecule has 1 aromatic carbocycles. The molecule has 1 atom stereocenters. The van der Waals surface area contributed by atoms with Gasteiger partial charge < -0.3 is 19.5 Å². The quantitative estimate of drug-likeness (QED) is 0.903. The maximum Gasteiger partial charge on any atom is 0.231 e. The first-order chi connectivity index (χ1) is 8.86.